The predicted molar refractivity (Wildman–Crippen MR) is 65.4 cm³/mol. The molecule has 0 radical (unpaired) electrons. The van der Waals surface area contributed by atoms with E-state index in [9.17, 15) is 22.4 Å². The topological polar surface area (TPSA) is 43.1 Å². The molecule has 0 aliphatic heterocycles. The molecule has 0 unspecified atom stereocenters. The maximum Gasteiger partial charge on any atom is 0.416 e. The molecule has 2 N–H and O–H groups in total. The van der Waals surface area contributed by atoms with E-state index in [1.807, 2.05) is 0 Å². The van der Waals surface area contributed by atoms with Crippen LogP contribution in [0.2, 0.25) is 0 Å². The number of nitrogens with two attached hydrogens (primary N) is 1. The van der Waals surface area contributed by atoms with Crippen molar-refractivity contribution in [2.75, 3.05) is 0 Å². The van der Waals surface area contributed by atoms with Crippen LogP contribution in [0.4, 0.5) is 17.6 Å². The molecule has 0 bridgehead atoms. The molecular formula is C14H9F4NO. The van der Waals surface area contributed by atoms with Gasteiger partial charge in [-0.1, -0.05) is 12.1 Å². The van der Waals surface area contributed by atoms with Crippen molar-refractivity contribution in [1.82, 2.24) is 0 Å². The van der Waals surface area contributed by atoms with Crippen LogP contribution in [0.1, 0.15) is 15.9 Å². The lowest BCUT2D eigenvalue weighted by Gasteiger charge is -2.08. The lowest BCUT2D eigenvalue weighted by atomic mass is 10.0. The Balaban J connectivity index is 2.44. The molecular weight excluding hydrogens is 274 g/mol. The summed E-state index contributed by atoms with van der Waals surface area (Å²) in [6.45, 7) is 0. The fourth-order valence-electron chi connectivity index (χ4n) is 1.75. The third-order valence-corrected chi connectivity index (χ3v) is 2.73. The first-order chi connectivity index (χ1) is 9.27. The summed E-state index contributed by atoms with van der Waals surface area (Å²) < 4.78 is 50.7. The second-order valence-corrected chi connectivity index (χ2v) is 4.17. The zero-order valence-electron chi connectivity index (χ0n) is 10.0. The standard InChI is InChI=1S/C14H9F4NO/c15-12-6-9(5-10(7-12)13(19)20)8-1-3-11(4-2-8)14(16,17)18/h1-7H,(H2,19,20). The van der Waals surface area contributed by atoms with Gasteiger partial charge in [-0.3, -0.25) is 4.79 Å². The number of amides is 1. The van der Waals surface area contributed by atoms with Gasteiger partial charge in [0.1, 0.15) is 5.82 Å². The van der Waals surface area contributed by atoms with Gasteiger partial charge in [-0.15, -0.1) is 0 Å². The Kier molecular flexibility index (Phi) is 3.48. The lowest BCUT2D eigenvalue weighted by Crippen LogP contribution is -2.11. The van der Waals surface area contributed by atoms with Crippen molar-refractivity contribution in [2.45, 2.75) is 6.18 Å². The first-order valence-corrected chi connectivity index (χ1v) is 5.55. The van der Waals surface area contributed by atoms with Crippen LogP contribution in [0.15, 0.2) is 42.5 Å². The molecule has 0 aliphatic carbocycles. The molecule has 0 heterocycles. The molecule has 104 valence electrons. The average molecular weight is 283 g/mol. The Bertz CT molecular complexity index is 647. The lowest BCUT2D eigenvalue weighted by molar-refractivity contribution is -0.137. The summed E-state index contributed by atoms with van der Waals surface area (Å²) in [6, 6.07) is 7.62. The van der Waals surface area contributed by atoms with Gasteiger partial charge in [0.15, 0.2) is 0 Å². The number of primary amides is 1. The van der Waals surface area contributed by atoms with Crippen molar-refractivity contribution in [3.05, 3.63) is 59.4 Å². The monoisotopic (exact) mass is 283 g/mol. The normalized spacial score (nSPS) is 11.4. The predicted octanol–water partition coefficient (Wildman–Crippen LogP) is 3.61. The molecule has 0 aromatic heterocycles. The quantitative estimate of drug-likeness (QED) is 0.841. The number of hydrogen-bond donors (Lipinski definition) is 1. The van der Waals surface area contributed by atoms with Crippen LogP contribution in [0.25, 0.3) is 11.1 Å². The van der Waals surface area contributed by atoms with Crippen molar-refractivity contribution in [3.63, 3.8) is 0 Å². The summed E-state index contributed by atoms with van der Waals surface area (Å²) in [5.74, 6) is -1.49. The molecule has 0 atom stereocenters. The van der Waals surface area contributed by atoms with Crippen LogP contribution in [-0.2, 0) is 6.18 Å². The van der Waals surface area contributed by atoms with E-state index in [1.54, 1.807) is 0 Å². The summed E-state index contributed by atoms with van der Waals surface area (Å²) in [5, 5.41) is 0. The third kappa shape index (κ3) is 2.96. The minimum atomic E-state index is -4.43. The smallest absolute Gasteiger partial charge is 0.366 e. The second kappa shape index (κ2) is 4.96. The summed E-state index contributed by atoms with van der Waals surface area (Å²) in [5.41, 5.74) is 4.86. The molecule has 6 heteroatoms. The third-order valence-electron chi connectivity index (χ3n) is 2.73. The van der Waals surface area contributed by atoms with E-state index < -0.39 is 23.5 Å². The largest absolute Gasteiger partial charge is 0.416 e. The molecule has 0 saturated heterocycles. The first kappa shape index (κ1) is 14.0. The second-order valence-electron chi connectivity index (χ2n) is 4.17. The number of benzene rings is 2. The molecule has 0 saturated carbocycles. The van der Waals surface area contributed by atoms with Crippen LogP contribution in [0, 0.1) is 5.82 Å². The SMILES string of the molecule is NC(=O)c1cc(F)cc(-c2ccc(C(F)(F)F)cc2)c1. The summed E-state index contributed by atoms with van der Waals surface area (Å²) in [6.07, 6.45) is -4.43. The number of carbonyl (C=O) groups is 1. The van der Waals surface area contributed by atoms with Gasteiger partial charge in [-0.25, -0.2) is 4.39 Å². The molecule has 2 aromatic carbocycles. The number of rotatable bonds is 2. The maximum atomic E-state index is 13.4. The number of carbonyl (C=O) groups excluding carboxylic acids is 1. The van der Waals surface area contributed by atoms with Gasteiger partial charge in [0, 0.05) is 5.56 Å². The Hall–Kier alpha value is -2.37. The Morgan fingerprint density at radius 3 is 2.05 bits per heavy atom. The molecule has 1 amide bonds. The fourth-order valence-corrected chi connectivity index (χ4v) is 1.75. The number of alkyl halides is 3. The van der Waals surface area contributed by atoms with Crippen LogP contribution in [-0.4, -0.2) is 5.91 Å². The Morgan fingerprint density at radius 1 is 0.950 bits per heavy atom. The zero-order valence-corrected chi connectivity index (χ0v) is 10.0. The fraction of sp³-hybridized carbons (Fsp3) is 0.0714. The van der Waals surface area contributed by atoms with Crippen LogP contribution in [0.5, 0.6) is 0 Å². The number of hydrogen-bond acceptors (Lipinski definition) is 1. The zero-order chi connectivity index (χ0) is 14.9. The Morgan fingerprint density at radius 2 is 1.55 bits per heavy atom. The van der Waals surface area contributed by atoms with Gasteiger partial charge >= 0.3 is 6.18 Å². The minimum Gasteiger partial charge on any atom is -0.366 e. The van der Waals surface area contributed by atoms with Gasteiger partial charge < -0.3 is 5.73 Å². The highest BCUT2D eigenvalue weighted by molar-refractivity contribution is 5.94. The summed E-state index contributed by atoms with van der Waals surface area (Å²) in [4.78, 5) is 11.0. The van der Waals surface area contributed by atoms with Crippen molar-refractivity contribution in [3.8, 4) is 11.1 Å². The van der Waals surface area contributed by atoms with Crippen molar-refractivity contribution in [2.24, 2.45) is 5.73 Å². The van der Waals surface area contributed by atoms with Crippen LogP contribution >= 0.6 is 0 Å². The van der Waals surface area contributed by atoms with Gasteiger partial charge in [-0.2, -0.15) is 13.2 Å². The molecule has 2 aromatic rings. The molecule has 20 heavy (non-hydrogen) atoms. The highest BCUT2D eigenvalue weighted by Crippen LogP contribution is 2.31. The Labute approximate surface area is 111 Å². The van der Waals surface area contributed by atoms with Crippen molar-refractivity contribution >= 4 is 5.91 Å². The van der Waals surface area contributed by atoms with Crippen molar-refractivity contribution < 1.29 is 22.4 Å². The van der Waals surface area contributed by atoms with Gasteiger partial charge in [0.05, 0.1) is 5.56 Å². The summed E-state index contributed by atoms with van der Waals surface area (Å²) >= 11 is 0. The summed E-state index contributed by atoms with van der Waals surface area (Å²) in [7, 11) is 0. The first-order valence-electron chi connectivity index (χ1n) is 5.55. The molecule has 0 spiro atoms. The average Bonchev–Trinajstić information content (AvgIpc) is 2.37. The van der Waals surface area contributed by atoms with E-state index in [4.69, 9.17) is 5.73 Å². The molecule has 0 fully saturated rings. The van der Waals surface area contributed by atoms with E-state index in [0.717, 1.165) is 24.3 Å². The number of halogens is 4. The van der Waals surface area contributed by atoms with Crippen LogP contribution < -0.4 is 5.73 Å². The minimum absolute atomic E-state index is 0.0418. The van der Waals surface area contributed by atoms with Gasteiger partial charge in [0.25, 0.3) is 0 Å². The van der Waals surface area contributed by atoms with E-state index in [1.165, 1.54) is 18.2 Å². The molecule has 0 aliphatic rings. The van der Waals surface area contributed by atoms with Gasteiger partial charge in [-0.05, 0) is 41.5 Å². The van der Waals surface area contributed by atoms with Gasteiger partial charge in [0.2, 0.25) is 5.91 Å². The van der Waals surface area contributed by atoms with E-state index in [0.29, 0.717) is 5.56 Å². The van der Waals surface area contributed by atoms with Crippen molar-refractivity contribution in [1.29, 1.82) is 0 Å². The molecule has 2 nitrogen and oxygen atoms in total. The molecule has 2 rings (SSSR count). The van der Waals surface area contributed by atoms with E-state index >= 15 is 0 Å². The van der Waals surface area contributed by atoms with E-state index in [2.05, 4.69) is 0 Å². The van der Waals surface area contributed by atoms with Crippen LogP contribution in [0.3, 0.4) is 0 Å². The maximum absolute atomic E-state index is 13.4. The highest BCUT2D eigenvalue weighted by atomic mass is 19.4. The highest BCUT2D eigenvalue weighted by Gasteiger charge is 2.29. The van der Waals surface area contributed by atoms with E-state index in [-0.39, 0.29) is 11.1 Å².